The molecule has 0 saturated carbocycles. The molecule has 0 spiro atoms. The van der Waals surface area contributed by atoms with Crippen molar-refractivity contribution < 1.29 is 9.59 Å². The molecular weight excluding hydrogens is 368 g/mol. The minimum Gasteiger partial charge on any atom is -0.343 e. The molecule has 3 aliphatic rings. The first kappa shape index (κ1) is 18.3. The summed E-state index contributed by atoms with van der Waals surface area (Å²) in [5, 5.41) is 0.641. The lowest BCUT2D eigenvalue weighted by atomic mass is 10.1. The zero-order valence-corrected chi connectivity index (χ0v) is 16.5. The zero-order chi connectivity index (χ0) is 20.0. The van der Waals surface area contributed by atoms with Crippen LogP contribution in [0, 0.1) is 0 Å². The summed E-state index contributed by atoms with van der Waals surface area (Å²) in [4.78, 5) is 46.5. The molecule has 3 aliphatic heterocycles. The number of carbonyl (C=O) groups is 2. The second kappa shape index (κ2) is 7.28. The SMILES string of the molecule is O=C1CCCN1CCCC(=O)N1[C@@H]2CC[C@@H]1Cn1c(nc3ccccc3c1=O)C2. The van der Waals surface area contributed by atoms with E-state index in [1.807, 2.05) is 34.1 Å². The van der Waals surface area contributed by atoms with E-state index in [-0.39, 0.29) is 29.5 Å². The van der Waals surface area contributed by atoms with Crippen LogP contribution < -0.4 is 5.56 Å². The van der Waals surface area contributed by atoms with Crippen molar-refractivity contribution in [3.05, 3.63) is 40.4 Å². The van der Waals surface area contributed by atoms with Crippen LogP contribution in [0.3, 0.4) is 0 Å². The number of fused-ring (bicyclic) bond motifs is 4. The largest absolute Gasteiger partial charge is 0.343 e. The van der Waals surface area contributed by atoms with E-state index in [1.165, 1.54) is 0 Å². The lowest BCUT2D eigenvalue weighted by molar-refractivity contribution is -0.135. The first-order valence-electron chi connectivity index (χ1n) is 10.7. The summed E-state index contributed by atoms with van der Waals surface area (Å²) in [6.45, 7) is 2.01. The predicted octanol–water partition coefficient (Wildman–Crippen LogP) is 1.71. The van der Waals surface area contributed by atoms with E-state index in [9.17, 15) is 14.4 Å². The molecule has 2 saturated heterocycles. The smallest absolute Gasteiger partial charge is 0.261 e. The first-order valence-corrected chi connectivity index (χ1v) is 10.7. The number of rotatable bonds is 4. The average Bonchev–Trinajstić information content (AvgIpc) is 3.25. The van der Waals surface area contributed by atoms with Crippen LogP contribution in [-0.4, -0.2) is 56.3 Å². The van der Waals surface area contributed by atoms with Crippen molar-refractivity contribution in [1.29, 1.82) is 0 Å². The number of hydrogen-bond donors (Lipinski definition) is 0. The van der Waals surface area contributed by atoms with Crippen LogP contribution in [-0.2, 0) is 22.6 Å². The molecule has 2 atom stereocenters. The number of nitrogens with zero attached hydrogens (tertiary/aromatic N) is 4. The van der Waals surface area contributed by atoms with E-state index in [2.05, 4.69) is 0 Å². The van der Waals surface area contributed by atoms with E-state index in [1.54, 1.807) is 4.57 Å². The molecule has 2 aromatic rings. The summed E-state index contributed by atoms with van der Waals surface area (Å²) in [5.41, 5.74) is 0.729. The van der Waals surface area contributed by atoms with Gasteiger partial charge in [-0.25, -0.2) is 4.98 Å². The number of hydrogen-bond acceptors (Lipinski definition) is 4. The number of aromatic nitrogens is 2. The lowest BCUT2D eigenvalue weighted by Crippen LogP contribution is -2.42. The zero-order valence-electron chi connectivity index (χ0n) is 16.5. The third-order valence-electron chi connectivity index (χ3n) is 6.65. The molecule has 2 bridgehead atoms. The van der Waals surface area contributed by atoms with Crippen molar-refractivity contribution in [1.82, 2.24) is 19.4 Å². The lowest BCUT2D eigenvalue weighted by Gasteiger charge is -2.28. The molecule has 0 N–H and O–H groups in total. The third-order valence-corrected chi connectivity index (χ3v) is 6.65. The van der Waals surface area contributed by atoms with E-state index in [0.29, 0.717) is 44.2 Å². The second-order valence-corrected chi connectivity index (χ2v) is 8.44. The van der Waals surface area contributed by atoms with Crippen LogP contribution in [0.25, 0.3) is 10.9 Å². The number of likely N-dealkylation sites (tertiary alicyclic amines) is 1. The van der Waals surface area contributed by atoms with Crippen LogP contribution in [0.15, 0.2) is 29.1 Å². The average molecular weight is 394 g/mol. The van der Waals surface area contributed by atoms with Crippen molar-refractivity contribution in [2.24, 2.45) is 0 Å². The van der Waals surface area contributed by atoms with Gasteiger partial charge in [-0.2, -0.15) is 0 Å². The van der Waals surface area contributed by atoms with Crippen molar-refractivity contribution in [3.63, 3.8) is 0 Å². The normalized spacial score (nSPS) is 23.5. The fourth-order valence-corrected chi connectivity index (χ4v) is 5.22. The summed E-state index contributed by atoms with van der Waals surface area (Å²) in [6, 6.07) is 7.63. The maximum Gasteiger partial charge on any atom is 0.261 e. The minimum atomic E-state index is -0.00176. The molecule has 5 rings (SSSR count). The Bertz CT molecular complexity index is 1030. The van der Waals surface area contributed by atoms with Gasteiger partial charge in [-0.05, 0) is 37.8 Å². The molecule has 1 aromatic carbocycles. The summed E-state index contributed by atoms with van der Waals surface area (Å²) in [6.07, 6.45) is 5.25. The Labute approximate surface area is 169 Å². The summed E-state index contributed by atoms with van der Waals surface area (Å²) >= 11 is 0. The molecule has 4 heterocycles. The van der Waals surface area contributed by atoms with Gasteiger partial charge in [-0.3, -0.25) is 19.0 Å². The molecule has 0 radical (unpaired) electrons. The number of benzene rings is 1. The van der Waals surface area contributed by atoms with E-state index >= 15 is 0 Å². The highest BCUT2D eigenvalue weighted by atomic mass is 16.2. The van der Waals surface area contributed by atoms with Crippen molar-refractivity contribution in [2.75, 3.05) is 13.1 Å². The van der Waals surface area contributed by atoms with Crippen molar-refractivity contribution in [2.45, 2.75) is 63.6 Å². The Hall–Kier alpha value is -2.70. The quantitative estimate of drug-likeness (QED) is 0.791. The van der Waals surface area contributed by atoms with Gasteiger partial charge in [0.25, 0.3) is 5.56 Å². The van der Waals surface area contributed by atoms with Gasteiger partial charge >= 0.3 is 0 Å². The van der Waals surface area contributed by atoms with Crippen LogP contribution in [0.2, 0.25) is 0 Å². The Balaban J connectivity index is 1.33. The van der Waals surface area contributed by atoms with Crippen LogP contribution >= 0.6 is 0 Å². The monoisotopic (exact) mass is 394 g/mol. The molecule has 2 fully saturated rings. The van der Waals surface area contributed by atoms with Crippen LogP contribution in [0.1, 0.15) is 44.3 Å². The van der Waals surface area contributed by atoms with Gasteiger partial charge in [0.05, 0.1) is 16.9 Å². The number of amides is 2. The summed E-state index contributed by atoms with van der Waals surface area (Å²) in [5.74, 6) is 1.15. The predicted molar refractivity (Wildman–Crippen MR) is 108 cm³/mol. The van der Waals surface area contributed by atoms with Gasteiger partial charge in [-0.15, -0.1) is 0 Å². The van der Waals surface area contributed by atoms with Crippen molar-refractivity contribution in [3.8, 4) is 0 Å². The van der Waals surface area contributed by atoms with Gasteiger partial charge in [-0.1, -0.05) is 12.1 Å². The van der Waals surface area contributed by atoms with Gasteiger partial charge in [0.15, 0.2) is 0 Å². The molecule has 152 valence electrons. The number of para-hydroxylation sites is 1. The topological polar surface area (TPSA) is 75.5 Å². The second-order valence-electron chi connectivity index (χ2n) is 8.44. The Morgan fingerprint density at radius 2 is 1.97 bits per heavy atom. The maximum atomic E-state index is 13.1. The molecule has 2 amide bonds. The molecule has 1 aromatic heterocycles. The minimum absolute atomic E-state index is 0.00176. The highest BCUT2D eigenvalue weighted by Gasteiger charge is 2.40. The van der Waals surface area contributed by atoms with Crippen LogP contribution in [0.5, 0.6) is 0 Å². The summed E-state index contributed by atoms with van der Waals surface area (Å²) < 4.78 is 1.79. The molecule has 7 nitrogen and oxygen atoms in total. The maximum absolute atomic E-state index is 13.1. The molecule has 29 heavy (non-hydrogen) atoms. The molecule has 0 aliphatic carbocycles. The van der Waals surface area contributed by atoms with Crippen molar-refractivity contribution >= 4 is 22.7 Å². The first-order chi connectivity index (χ1) is 14.1. The Morgan fingerprint density at radius 1 is 1.14 bits per heavy atom. The van der Waals surface area contributed by atoms with Gasteiger partial charge in [0, 0.05) is 44.9 Å². The fraction of sp³-hybridized carbons (Fsp3) is 0.545. The fourth-order valence-electron chi connectivity index (χ4n) is 5.22. The summed E-state index contributed by atoms with van der Waals surface area (Å²) in [7, 11) is 0. The van der Waals surface area contributed by atoms with E-state index < -0.39 is 0 Å². The van der Waals surface area contributed by atoms with Gasteiger partial charge in [0.1, 0.15) is 5.82 Å². The molecule has 0 unspecified atom stereocenters. The van der Waals surface area contributed by atoms with Gasteiger partial charge < -0.3 is 9.80 Å². The van der Waals surface area contributed by atoms with Gasteiger partial charge in [0.2, 0.25) is 11.8 Å². The highest BCUT2D eigenvalue weighted by Crippen LogP contribution is 2.31. The Morgan fingerprint density at radius 3 is 2.79 bits per heavy atom. The highest BCUT2D eigenvalue weighted by molar-refractivity contribution is 5.79. The van der Waals surface area contributed by atoms with E-state index in [4.69, 9.17) is 4.98 Å². The molecular formula is C22H26N4O3. The molecule has 7 heteroatoms. The van der Waals surface area contributed by atoms with E-state index in [0.717, 1.165) is 37.1 Å². The third kappa shape index (κ3) is 3.22. The number of carbonyl (C=O) groups excluding carboxylic acids is 2. The standard InChI is InChI=1S/C22H26N4O3/c27-20-7-3-11-24(20)12-4-8-21(28)26-15-9-10-16(26)14-25-19(13-15)23-18-6-2-1-5-17(18)22(25)29/h1-2,5-6,15-16H,3-4,7-14H2/t15-,16-/m1/s1. The van der Waals surface area contributed by atoms with Crippen LogP contribution in [0.4, 0.5) is 0 Å². The Kier molecular flexibility index (Phi) is 4.60.